The molecule has 0 unspecified atom stereocenters. The lowest BCUT2D eigenvalue weighted by atomic mass is 9.99. The molecular formula is C13H20N2O4. The Morgan fingerprint density at radius 2 is 1.95 bits per heavy atom. The summed E-state index contributed by atoms with van der Waals surface area (Å²) in [4.78, 5) is 12.9. The minimum atomic E-state index is -1.07. The van der Waals surface area contributed by atoms with Crippen LogP contribution in [0, 0.1) is 0 Å². The number of carboxylic acid groups (broad SMARTS) is 1. The molecule has 1 N–H and O–H groups in total. The van der Waals surface area contributed by atoms with Crippen molar-refractivity contribution in [1.29, 1.82) is 0 Å². The van der Waals surface area contributed by atoms with Crippen molar-refractivity contribution in [3.8, 4) is 0 Å². The van der Waals surface area contributed by atoms with Gasteiger partial charge in [-0.3, -0.25) is 4.90 Å². The summed E-state index contributed by atoms with van der Waals surface area (Å²) in [6, 6.07) is 1.47. The Hall–Kier alpha value is -1.40. The van der Waals surface area contributed by atoms with Gasteiger partial charge in [0.1, 0.15) is 0 Å². The molecule has 0 spiro atoms. The minimum Gasteiger partial charge on any atom is -0.476 e. The van der Waals surface area contributed by atoms with Gasteiger partial charge >= 0.3 is 5.97 Å². The van der Waals surface area contributed by atoms with Crippen LogP contribution in [0.1, 0.15) is 43.9 Å². The second-order valence-electron chi connectivity index (χ2n) is 6.25. The summed E-state index contributed by atoms with van der Waals surface area (Å²) >= 11 is 0. The molecule has 0 saturated carbocycles. The van der Waals surface area contributed by atoms with Crippen LogP contribution in [0.3, 0.4) is 0 Å². The van der Waals surface area contributed by atoms with Crippen molar-refractivity contribution in [3.05, 3.63) is 17.5 Å². The van der Waals surface area contributed by atoms with E-state index in [1.807, 2.05) is 27.7 Å². The Morgan fingerprint density at radius 3 is 2.42 bits per heavy atom. The van der Waals surface area contributed by atoms with Gasteiger partial charge in [-0.1, -0.05) is 5.16 Å². The average molecular weight is 268 g/mol. The van der Waals surface area contributed by atoms with Crippen LogP contribution in [-0.4, -0.2) is 45.4 Å². The van der Waals surface area contributed by atoms with E-state index in [0.29, 0.717) is 12.3 Å². The fourth-order valence-corrected chi connectivity index (χ4v) is 2.77. The predicted octanol–water partition coefficient (Wildman–Crippen LogP) is 1.76. The number of carboxylic acids is 1. The Bertz CT molecular complexity index is 463. The maximum Gasteiger partial charge on any atom is 0.358 e. The van der Waals surface area contributed by atoms with Crippen LogP contribution in [0.4, 0.5) is 0 Å². The van der Waals surface area contributed by atoms with Gasteiger partial charge in [0.05, 0.1) is 17.7 Å². The second-order valence-corrected chi connectivity index (χ2v) is 6.25. The van der Waals surface area contributed by atoms with Crippen molar-refractivity contribution in [2.45, 2.75) is 45.4 Å². The number of hydrogen-bond donors (Lipinski definition) is 1. The first kappa shape index (κ1) is 14.0. The molecule has 6 nitrogen and oxygen atoms in total. The molecule has 1 fully saturated rings. The van der Waals surface area contributed by atoms with Gasteiger partial charge in [0.15, 0.2) is 11.5 Å². The third kappa shape index (κ3) is 3.54. The second kappa shape index (κ2) is 4.61. The highest BCUT2D eigenvalue weighted by Gasteiger charge is 2.38. The zero-order valence-electron chi connectivity index (χ0n) is 11.8. The molecule has 0 amide bonds. The molecule has 2 heterocycles. The van der Waals surface area contributed by atoms with E-state index in [1.54, 1.807) is 0 Å². The highest BCUT2D eigenvalue weighted by molar-refractivity contribution is 5.85. The maximum atomic E-state index is 10.8. The summed E-state index contributed by atoms with van der Waals surface area (Å²) in [5.74, 6) is -0.511. The molecule has 1 aromatic rings. The fourth-order valence-electron chi connectivity index (χ4n) is 2.77. The summed E-state index contributed by atoms with van der Waals surface area (Å²) in [7, 11) is 0. The molecule has 1 aliphatic heterocycles. The molecule has 106 valence electrons. The maximum absolute atomic E-state index is 10.8. The molecule has 0 radical (unpaired) electrons. The van der Waals surface area contributed by atoms with Crippen LogP contribution in [0.2, 0.25) is 0 Å². The lowest BCUT2D eigenvalue weighted by Gasteiger charge is -2.46. The van der Waals surface area contributed by atoms with Crippen molar-refractivity contribution in [2.24, 2.45) is 0 Å². The Morgan fingerprint density at radius 1 is 1.37 bits per heavy atom. The fraction of sp³-hybridized carbons (Fsp3) is 0.692. The third-order valence-corrected chi connectivity index (χ3v) is 2.92. The summed E-state index contributed by atoms with van der Waals surface area (Å²) < 4.78 is 11.0. The van der Waals surface area contributed by atoms with Crippen LogP contribution in [0.5, 0.6) is 0 Å². The molecule has 1 saturated heterocycles. The molecule has 0 aliphatic carbocycles. The van der Waals surface area contributed by atoms with E-state index in [-0.39, 0.29) is 16.9 Å². The Balaban J connectivity index is 2.07. The number of nitrogens with zero attached hydrogens (tertiary/aromatic N) is 2. The lowest BCUT2D eigenvalue weighted by molar-refractivity contribution is -0.182. The van der Waals surface area contributed by atoms with Crippen LogP contribution >= 0.6 is 0 Å². The number of carbonyl (C=O) groups is 1. The number of rotatable bonds is 3. The molecular weight excluding hydrogens is 248 g/mol. The normalized spacial score (nSPS) is 22.3. The number of hydrogen-bond acceptors (Lipinski definition) is 5. The van der Waals surface area contributed by atoms with Gasteiger partial charge in [0.25, 0.3) is 0 Å². The Kier molecular flexibility index (Phi) is 3.40. The van der Waals surface area contributed by atoms with Crippen LogP contribution in [0.25, 0.3) is 0 Å². The first-order valence-electron chi connectivity index (χ1n) is 6.28. The monoisotopic (exact) mass is 268 g/mol. The van der Waals surface area contributed by atoms with Crippen molar-refractivity contribution >= 4 is 5.97 Å². The predicted molar refractivity (Wildman–Crippen MR) is 68.0 cm³/mol. The largest absolute Gasteiger partial charge is 0.476 e. The van der Waals surface area contributed by atoms with Crippen molar-refractivity contribution in [3.63, 3.8) is 0 Å². The van der Waals surface area contributed by atoms with E-state index >= 15 is 0 Å². The highest BCUT2D eigenvalue weighted by atomic mass is 16.5. The topological polar surface area (TPSA) is 75.8 Å². The first-order valence-corrected chi connectivity index (χ1v) is 6.28. The quantitative estimate of drug-likeness (QED) is 0.900. The lowest BCUT2D eigenvalue weighted by Crippen LogP contribution is -2.56. The van der Waals surface area contributed by atoms with E-state index in [4.69, 9.17) is 14.4 Å². The van der Waals surface area contributed by atoms with E-state index in [9.17, 15) is 4.79 Å². The summed E-state index contributed by atoms with van der Waals surface area (Å²) in [5.41, 5.74) is -0.531. The number of morpholine rings is 1. The molecule has 0 bridgehead atoms. The molecule has 6 heteroatoms. The number of aromatic carboxylic acids is 1. The highest BCUT2D eigenvalue weighted by Crippen LogP contribution is 2.28. The van der Waals surface area contributed by atoms with Crippen molar-refractivity contribution in [2.75, 3.05) is 13.1 Å². The van der Waals surface area contributed by atoms with E-state index in [1.165, 1.54) is 6.07 Å². The van der Waals surface area contributed by atoms with Gasteiger partial charge in [0.2, 0.25) is 0 Å². The van der Waals surface area contributed by atoms with Crippen molar-refractivity contribution in [1.82, 2.24) is 10.1 Å². The summed E-state index contributed by atoms with van der Waals surface area (Å²) in [5, 5.41) is 12.3. The van der Waals surface area contributed by atoms with Crippen LogP contribution in [-0.2, 0) is 11.3 Å². The molecule has 0 aromatic carbocycles. The summed E-state index contributed by atoms with van der Waals surface area (Å²) in [6.07, 6.45) is 0. The molecule has 1 aromatic heterocycles. The van der Waals surface area contributed by atoms with Gasteiger partial charge in [0, 0.05) is 19.2 Å². The van der Waals surface area contributed by atoms with Gasteiger partial charge in [-0.05, 0) is 27.7 Å². The molecule has 2 rings (SSSR count). The average Bonchev–Trinajstić information content (AvgIpc) is 2.60. The van der Waals surface area contributed by atoms with Gasteiger partial charge in [-0.2, -0.15) is 0 Å². The van der Waals surface area contributed by atoms with Gasteiger partial charge in [-0.15, -0.1) is 0 Å². The van der Waals surface area contributed by atoms with Crippen LogP contribution in [0.15, 0.2) is 10.6 Å². The summed E-state index contributed by atoms with van der Waals surface area (Å²) in [6.45, 7) is 10.2. The zero-order chi connectivity index (χ0) is 14.3. The van der Waals surface area contributed by atoms with Gasteiger partial charge in [-0.25, -0.2) is 4.79 Å². The third-order valence-electron chi connectivity index (χ3n) is 2.92. The number of aromatic nitrogens is 1. The molecule has 19 heavy (non-hydrogen) atoms. The van der Waals surface area contributed by atoms with E-state index < -0.39 is 5.97 Å². The number of ether oxygens (including phenoxy) is 1. The Labute approximate surface area is 112 Å². The van der Waals surface area contributed by atoms with Gasteiger partial charge < -0.3 is 14.4 Å². The van der Waals surface area contributed by atoms with Crippen LogP contribution < -0.4 is 0 Å². The van der Waals surface area contributed by atoms with E-state index in [0.717, 1.165) is 13.1 Å². The minimum absolute atomic E-state index is 0.0539. The SMILES string of the molecule is CC1(C)CN(Cc2cc(C(=O)O)no2)CC(C)(C)O1. The first-order chi connectivity index (χ1) is 8.67. The van der Waals surface area contributed by atoms with E-state index in [2.05, 4.69) is 10.1 Å². The van der Waals surface area contributed by atoms with Crippen molar-refractivity contribution < 1.29 is 19.2 Å². The molecule has 1 aliphatic rings. The smallest absolute Gasteiger partial charge is 0.358 e. The standard InChI is InChI=1S/C13H20N2O4/c1-12(2)7-15(8-13(3,4)19-12)6-9-5-10(11(16)17)14-18-9/h5H,6-8H2,1-4H3,(H,16,17). The molecule has 0 atom stereocenters. The zero-order valence-corrected chi connectivity index (χ0v) is 11.8.